The first-order chi connectivity index (χ1) is 13.6. The quantitative estimate of drug-likeness (QED) is 0.311. The molecule has 0 radical (unpaired) electrons. The highest BCUT2D eigenvalue weighted by Crippen LogP contribution is 2.24. The topological polar surface area (TPSA) is 0 Å². The van der Waals surface area contributed by atoms with Crippen molar-refractivity contribution in [2.75, 3.05) is 0 Å². The Bertz CT molecular complexity index is 533. The van der Waals surface area contributed by atoms with Gasteiger partial charge in [0.15, 0.2) is 0 Å². The van der Waals surface area contributed by atoms with Gasteiger partial charge in [0.05, 0.1) is 0 Å². The van der Waals surface area contributed by atoms with Crippen LogP contribution < -0.4 is 0 Å². The van der Waals surface area contributed by atoms with Crippen molar-refractivity contribution in [2.45, 2.75) is 117 Å². The van der Waals surface area contributed by atoms with E-state index in [1.54, 1.807) is 0 Å². The SMILES string of the molecule is C.C.C.C/C(=C\C(C)(C)C)c1ccc(C(C)C)cc1.C/C=C\C=C/C.C=C.CCCCC. The number of benzene rings is 1. The van der Waals surface area contributed by atoms with Crippen LogP contribution in [0.4, 0.5) is 0 Å². The van der Waals surface area contributed by atoms with E-state index in [2.05, 4.69) is 98.9 Å². The van der Waals surface area contributed by atoms with Crippen molar-refractivity contribution in [1.29, 1.82) is 0 Å². The number of unbranched alkanes of at least 4 members (excludes halogenated alkanes) is 2. The van der Waals surface area contributed by atoms with Crippen molar-refractivity contribution in [3.8, 4) is 0 Å². The molecule has 1 aromatic rings. The third-order valence-corrected chi connectivity index (χ3v) is 3.89. The lowest BCUT2D eigenvalue weighted by Gasteiger charge is -2.15. The molecule has 0 spiro atoms. The Kier molecular flexibility index (Phi) is 40.1. The third-order valence-electron chi connectivity index (χ3n) is 3.89. The molecule has 0 heteroatoms. The summed E-state index contributed by atoms with van der Waals surface area (Å²) in [5.74, 6) is 0.612. The zero-order valence-corrected chi connectivity index (χ0v) is 21.3. The summed E-state index contributed by atoms with van der Waals surface area (Å²) in [5.41, 5.74) is 4.36. The monoisotopic (exact) mass is 446 g/mol. The number of rotatable bonds is 5. The minimum Gasteiger partial charge on any atom is -0.106 e. The van der Waals surface area contributed by atoms with Gasteiger partial charge in [0.2, 0.25) is 0 Å². The van der Waals surface area contributed by atoms with E-state index in [0.29, 0.717) is 5.92 Å². The van der Waals surface area contributed by atoms with Crippen LogP contribution in [-0.2, 0) is 0 Å². The summed E-state index contributed by atoms with van der Waals surface area (Å²) in [5, 5.41) is 0. The van der Waals surface area contributed by atoms with Gasteiger partial charge in [-0.05, 0) is 48.8 Å². The van der Waals surface area contributed by atoms with Crippen LogP contribution in [-0.4, -0.2) is 0 Å². The fourth-order valence-corrected chi connectivity index (χ4v) is 2.44. The van der Waals surface area contributed by atoms with Crippen LogP contribution in [0.15, 0.2) is 67.8 Å². The van der Waals surface area contributed by atoms with E-state index in [9.17, 15) is 0 Å². The number of hydrogen-bond donors (Lipinski definition) is 0. The maximum atomic E-state index is 3.00. The van der Waals surface area contributed by atoms with E-state index in [-0.39, 0.29) is 27.7 Å². The Morgan fingerprint density at radius 3 is 1.44 bits per heavy atom. The molecule has 32 heavy (non-hydrogen) atoms. The lowest BCUT2D eigenvalue weighted by Crippen LogP contribution is -2.00. The zero-order chi connectivity index (χ0) is 23.3. The summed E-state index contributed by atoms with van der Waals surface area (Å²) in [6.07, 6.45) is 14.4. The molecule has 0 fully saturated rings. The van der Waals surface area contributed by atoms with E-state index in [1.807, 2.05) is 38.2 Å². The van der Waals surface area contributed by atoms with Crippen LogP contribution in [0.3, 0.4) is 0 Å². The Labute approximate surface area is 206 Å². The second-order valence-corrected chi connectivity index (χ2v) is 8.38. The highest BCUT2D eigenvalue weighted by Gasteiger charge is 2.07. The molecule has 190 valence electrons. The lowest BCUT2D eigenvalue weighted by atomic mass is 9.91. The second kappa shape index (κ2) is 29.2. The van der Waals surface area contributed by atoms with Crippen molar-refractivity contribution in [2.24, 2.45) is 5.41 Å². The van der Waals surface area contributed by atoms with Crippen molar-refractivity contribution in [1.82, 2.24) is 0 Å². The summed E-state index contributed by atoms with van der Waals surface area (Å²) >= 11 is 0. The smallest absolute Gasteiger partial charge is 0.0197 e. The normalized spacial score (nSPS) is 10.3. The van der Waals surface area contributed by atoms with E-state index in [1.165, 1.54) is 36.0 Å². The van der Waals surface area contributed by atoms with E-state index in [4.69, 9.17) is 0 Å². The molecule has 0 heterocycles. The molecule has 0 nitrogen and oxygen atoms in total. The van der Waals surface area contributed by atoms with Gasteiger partial charge < -0.3 is 0 Å². The molecule has 0 atom stereocenters. The average molecular weight is 447 g/mol. The Morgan fingerprint density at radius 1 is 0.844 bits per heavy atom. The van der Waals surface area contributed by atoms with Gasteiger partial charge >= 0.3 is 0 Å². The Morgan fingerprint density at radius 2 is 1.22 bits per heavy atom. The predicted octanol–water partition coefficient (Wildman–Crippen LogP) is 12.3. The van der Waals surface area contributed by atoms with Crippen LogP contribution in [0, 0.1) is 5.41 Å². The molecule has 0 saturated heterocycles. The lowest BCUT2D eigenvalue weighted by molar-refractivity contribution is 0.545. The van der Waals surface area contributed by atoms with Crippen LogP contribution in [0.1, 0.15) is 128 Å². The third kappa shape index (κ3) is 30.4. The maximum absolute atomic E-state index is 3.00. The maximum Gasteiger partial charge on any atom is -0.0197 e. The summed E-state index contributed by atoms with van der Waals surface area (Å²) in [6, 6.07) is 8.93. The average Bonchev–Trinajstić information content (AvgIpc) is 2.68. The van der Waals surface area contributed by atoms with Gasteiger partial charge in [-0.2, -0.15) is 0 Å². The highest BCUT2D eigenvalue weighted by molar-refractivity contribution is 5.64. The van der Waals surface area contributed by atoms with Gasteiger partial charge in [-0.3, -0.25) is 0 Å². The summed E-state index contributed by atoms with van der Waals surface area (Å²) in [6.45, 7) is 27.8. The minimum atomic E-state index is 0. The minimum absolute atomic E-state index is 0. The van der Waals surface area contributed by atoms with Crippen LogP contribution in [0.25, 0.3) is 5.57 Å². The number of allylic oxidation sites excluding steroid dienone is 6. The van der Waals surface area contributed by atoms with Gasteiger partial charge in [0.25, 0.3) is 0 Å². The van der Waals surface area contributed by atoms with Gasteiger partial charge in [0.1, 0.15) is 0 Å². The van der Waals surface area contributed by atoms with Gasteiger partial charge in [-0.25, -0.2) is 0 Å². The van der Waals surface area contributed by atoms with E-state index >= 15 is 0 Å². The Balaban J connectivity index is -0.0000000893. The van der Waals surface area contributed by atoms with Crippen molar-refractivity contribution >= 4 is 5.57 Å². The molecular formula is C32H62. The largest absolute Gasteiger partial charge is 0.106 e. The van der Waals surface area contributed by atoms with Crippen molar-refractivity contribution in [3.63, 3.8) is 0 Å². The Hall–Kier alpha value is -1.82. The molecule has 0 aromatic heterocycles. The zero-order valence-electron chi connectivity index (χ0n) is 21.3. The molecular weight excluding hydrogens is 384 g/mol. The fraction of sp³-hybridized carbons (Fsp3) is 0.562. The van der Waals surface area contributed by atoms with E-state index < -0.39 is 0 Å². The summed E-state index contributed by atoms with van der Waals surface area (Å²) in [4.78, 5) is 0. The van der Waals surface area contributed by atoms with Crippen LogP contribution >= 0.6 is 0 Å². The fourth-order valence-electron chi connectivity index (χ4n) is 2.44. The standard InChI is InChI=1S/C16H24.C6H10.C5H12.C2H4.3CH4/c1-12(2)14-7-9-15(10-8-14)13(3)11-16(4,5)6;1-3-5-6-4-2;1-3-5-4-2;1-2;;;/h7-12H,1-6H3;3-6H,1-2H3;3-5H2,1-2H3;1-2H2;3*1H4/b13-11+;5-3-,6-4-;;;;;. The molecule has 0 aliphatic carbocycles. The molecule has 1 aromatic carbocycles. The molecule has 1 rings (SSSR count). The van der Waals surface area contributed by atoms with Crippen molar-refractivity contribution in [3.05, 3.63) is 78.9 Å². The molecule has 0 saturated carbocycles. The van der Waals surface area contributed by atoms with Crippen molar-refractivity contribution < 1.29 is 0 Å². The molecule has 0 amide bonds. The van der Waals surface area contributed by atoms with E-state index in [0.717, 1.165) is 0 Å². The second-order valence-electron chi connectivity index (χ2n) is 8.38. The molecule has 0 aliphatic heterocycles. The first kappa shape index (κ1) is 44.0. The predicted molar refractivity (Wildman–Crippen MR) is 160 cm³/mol. The summed E-state index contributed by atoms with van der Waals surface area (Å²) < 4.78 is 0. The van der Waals surface area contributed by atoms with Crippen LogP contribution in [0.2, 0.25) is 0 Å². The van der Waals surface area contributed by atoms with Gasteiger partial charge in [-0.15, -0.1) is 13.2 Å². The molecule has 0 N–H and O–H groups in total. The highest BCUT2D eigenvalue weighted by atomic mass is 14.1. The molecule has 0 aliphatic rings. The van der Waals surface area contributed by atoms with Gasteiger partial charge in [0, 0.05) is 0 Å². The number of hydrogen-bond acceptors (Lipinski definition) is 0. The van der Waals surface area contributed by atoms with Crippen LogP contribution in [0.5, 0.6) is 0 Å². The van der Waals surface area contributed by atoms with Gasteiger partial charge in [-0.1, -0.05) is 145 Å². The first-order valence-corrected chi connectivity index (χ1v) is 11.2. The molecule has 0 bridgehead atoms. The molecule has 0 unspecified atom stereocenters. The first-order valence-electron chi connectivity index (χ1n) is 11.2. The summed E-state index contributed by atoms with van der Waals surface area (Å²) in [7, 11) is 0.